The van der Waals surface area contributed by atoms with Gasteiger partial charge in [-0.25, -0.2) is 18.7 Å². The third-order valence-electron chi connectivity index (χ3n) is 7.25. The van der Waals surface area contributed by atoms with Gasteiger partial charge in [-0.1, -0.05) is 6.92 Å². The van der Waals surface area contributed by atoms with Crippen molar-refractivity contribution in [1.29, 1.82) is 0 Å². The highest BCUT2D eigenvalue weighted by atomic mass is 19.3. The van der Waals surface area contributed by atoms with Crippen molar-refractivity contribution < 1.29 is 18.3 Å². The van der Waals surface area contributed by atoms with Crippen molar-refractivity contribution in [1.82, 2.24) is 20.3 Å². The minimum Gasteiger partial charge on any atom is -0.493 e. The summed E-state index contributed by atoms with van der Waals surface area (Å²) in [6.07, 6.45) is 3.50. The summed E-state index contributed by atoms with van der Waals surface area (Å²) in [6, 6.07) is 4.58. The molecular weight excluding hydrogens is 452 g/mol. The summed E-state index contributed by atoms with van der Waals surface area (Å²) in [7, 11) is 0. The zero-order valence-corrected chi connectivity index (χ0v) is 20.0. The molecule has 2 aromatic heterocycles. The maximum atomic E-state index is 13.5. The number of hydrogen-bond donors (Lipinski definition) is 3. The van der Waals surface area contributed by atoms with Gasteiger partial charge in [0.2, 0.25) is 0 Å². The topological polar surface area (TPSA) is 106 Å². The fraction of sp³-hybridized carbons (Fsp3) is 0.500. The first-order valence-electron chi connectivity index (χ1n) is 12.3. The van der Waals surface area contributed by atoms with E-state index in [0.29, 0.717) is 57.7 Å². The van der Waals surface area contributed by atoms with E-state index in [1.807, 2.05) is 0 Å². The van der Waals surface area contributed by atoms with Crippen LogP contribution in [0, 0.1) is 18.8 Å². The first kappa shape index (κ1) is 23.7. The number of rotatable bonds is 7. The zero-order chi connectivity index (χ0) is 24.7. The fourth-order valence-corrected chi connectivity index (χ4v) is 4.90. The molecule has 5 rings (SSSR count). The van der Waals surface area contributed by atoms with Crippen LogP contribution >= 0.6 is 0 Å². The van der Waals surface area contributed by atoms with Crippen LogP contribution in [0.1, 0.15) is 67.1 Å². The van der Waals surface area contributed by atoms with Crippen LogP contribution in [0.15, 0.2) is 24.5 Å². The summed E-state index contributed by atoms with van der Waals surface area (Å²) in [4.78, 5) is 25.3. The maximum Gasteiger partial charge on any atom is 0.263 e. The lowest BCUT2D eigenvalue weighted by Gasteiger charge is -2.32. The van der Waals surface area contributed by atoms with Gasteiger partial charge < -0.3 is 20.8 Å². The fourth-order valence-electron chi connectivity index (χ4n) is 4.90. The lowest BCUT2D eigenvalue weighted by molar-refractivity contribution is 0.0918. The molecule has 0 spiro atoms. The van der Waals surface area contributed by atoms with Gasteiger partial charge in [0.25, 0.3) is 12.3 Å². The molecule has 0 saturated heterocycles. The molecule has 35 heavy (non-hydrogen) atoms. The number of nitrogens with two attached hydrogens (primary N) is 1. The van der Waals surface area contributed by atoms with Gasteiger partial charge in [0, 0.05) is 28.9 Å². The Bertz CT molecular complexity index is 1240. The molecule has 1 amide bonds. The summed E-state index contributed by atoms with van der Waals surface area (Å²) >= 11 is 0. The average molecular weight is 484 g/mol. The predicted octanol–water partition coefficient (Wildman–Crippen LogP) is 4.91. The number of benzene rings is 1. The number of halogens is 2. The first-order valence-corrected chi connectivity index (χ1v) is 12.3. The Morgan fingerprint density at radius 2 is 2.06 bits per heavy atom. The number of ether oxygens (including phenoxy) is 1. The number of aryl methyl sites for hydroxylation is 1. The number of nitrogens with one attached hydrogen (secondary N) is 2. The molecule has 2 aliphatic carbocycles. The van der Waals surface area contributed by atoms with Crippen LogP contribution in [0.25, 0.3) is 22.3 Å². The summed E-state index contributed by atoms with van der Waals surface area (Å²) < 4.78 is 33.1. The Morgan fingerprint density at radius 1 is 1.26 bits per heavy atom. The maximum absolute atomic E-state index is 13.5. The number of alkyl halides is 2. The van der Waals surface area contributed by atoms with Crippen LogP contribution in [-0.2, 0) is 0 Å². The van der Waals surface area contributed by atoms with Crippen LogP contribution in [0.4, 0.5) is 8.78 Å². The Hall–Kier alpha value is -3.07. The van der Waals surface area contributed by atoms with E-state index in [9.17, 15) is 13.6 Å². The zero-order valence-electron chi connectivity index (χ0n) is 20.0. The van der Waals surface area contributed by atoms with Crippen molar-refractivity contribution in [2.75, 3.05) is 6.61 Å². The minimum absolute atomic E-state index is 0.0492. The van der Waals surface area contributed by atoms with Crippen molar-refractivity contribution in [3.8, 4) is 17.0 Å². The van der Waals surface area contributed by atoms with Gasteiger partial charge in [0.15, 0.2) is 0 Å². The van der Waals surface area contributed by atoms with E-state index in [1.165, 1.54) is 18.5 Å². The van der Waals surface area contributed by atoms with Crippen LogP contribution in [0.3, 0.4) is 0 Å². The van der Waals surface area contributed by atoms with Gasteiger partial charge in [-0.2, -0.15) is 0 Å². The van der Waals surface area contributed by atoms with Crippen LogP contribution in [0.2, 0.25) is 0 Å². The number of H-pyrrole nitrogens is 1. The number of carbonyl (C=O) groups excluding carboxylic acids is 1. The van der Waals surface area contributed by atoms with E-state index >= 15 is 0 Å². The van der Waals surface area contributed by atoms with Gasteiger partial charge >= 0.3 is 0 Å². The molecule has 3 aromatic rings. The molecule has 2 fully saturated rings. The molecule has 0 aliphatic heterocycles. The third kappa shape index (κ3) is 4.87. The van der Waals surface area contributed by atoms with Gasteiger partial charge in [-0.15, -0.1) is 0 Å². The monoisotopic (exact) mass is 483 g/mol. The normalized spacial score (nSPS) is 22.5. The van der Waals surface area contributed by atoms with Gasteiger partial charge in [0.05, 0.1) is 17.7 Å². The third-order valence-corrected chi connectivity index (χ3v) is 7.25. The number of aromatic nitrogens is 3. The van der Waals surface area contributed by atoms with E-state index in [2.05, 4.69) is 27.2 Å². The van der Waals surface area contributed by atoms with Crippen molar-refractivity contribution in [2.45, 2.75) is 64.5 Å². The molecule has 2 heterocycles. The van der Waals surface area contributed by atoms with E-state index in [0.717, 1.165) is 32.1 Å². The van der Waals surface area contributed by atoms with Gasteiger partial charge in [-0.3, -0.25) is 4.79 Å². The summed E-state index contributed by atoms with van der Waals surface area (Å²) in [5, 5.41) is 3.14. The Kier molecular flexibility index (Phi) is 6.44. The van der Waals surface area contributed by atoms with Crippen LogP contribution in [0.5, 0.6) is 5.75 Å². The number of carbonyl (C=O) groups is 1. The number of hydrogen-bond acceptors (Lipinski definition) is 5. The average Bonchev–Trinajstić information content (AvgIpc) is 3.59. The first-order chi connectivity index (χ1) is 16.8. The molecule has 186 valence electrons. The van der Waals surface area contributed by atoms with Crippen molar-refractivity contribution in [3.05, 3.63) is 41.3 Å². The molecule has 1 aromatic carbocycles. The molecule has 4 N–H and O–H groups in total. The van der Waals surface area contributed by atoms with Crippen LogP contribution in [-0.4, -0.2) is 39.5 Å². The Balaban J connectivity index is 1.50. The number of amides is 1. The lowest BCUT2D eigenvalue weighted by Crippen LogP contribution is -2.44. The molecule has 0 radical (unpaired) electrons. The summed E-state index contributed by atoms with van der Waals surface area (Å²) in [5.41, 5.74) is 8.97. The molecule has 7 nitrogen and oxygen atoms in total. The predicted molar refractivity (Wildman–Crippen MR) is 129 cm³/mol. The molecular formula is C26H31F2N5O2. The number of fused-ring (bicyclic) bond motifs is 1. The van der Waals surface area contributed by atoms with E-state index < -0.39 is 6.43 Å². The quantitative estimate of drug-likeness (QED) is 0.443. The van der Waals surface area contributed by atoms with Crippen molar-refractivity contribution in [3.63, 3.8) is 0 Å². The summed E-state index contributed by atoms with van der Waals surface area (Å²) in [5.74, 6) is 1.12. The molecule has 3 atom stereocenters. The smallest absolute Gasteiger partial charge is 0.263 e. The molecule has 2 aliphatic rings. The van der Waals surface area contributed by atoms with E-state index in [4.69, 9.17) is 10.5 Å². The molecule has 0 bridgehead atoms. The SMILES string of the molecule is Cc1[nH]c2c(-c3cc(C(F)F)ccc3OCC3CC3)ncnc2c1C(=O)N[C@H]1CC[C@H](N)[C@@H](C)C1. The van der Waals surface area contributed by atoms with Gasteiger partial charge in [-0.05, 0) is 69.1 Å². The van der Waals surface area contributed by atoms with E-state index in [1.54, 1.807) is 13.0 Å². The van der Waals surface area contributed by atoms with E-state index in [-0.39, 0.29) is 23.6 Å². The second kappa shape index (κ2) is 9.53. The minimum atomic E-state index is -2.62. The second-order valence-electron chi connectivity index (χ2n) is 10.0. The van der Waals surface area contributed by atoms with Crippen molar-refractivity contribution >= 4 is 16.9 Å². The van der Waals surface area contributed by atoms with Gasteiger partial charge in [0.1, 0.15) is 23.3 Å². The Labute approximate surface area is 202 Å². The largest absolute Gasteiger partial charge is 0.493 e. The Morgan fingerprint density at radius 3 is 2.77 bits per heavy atom. The highest BCUT2D eigenvalue weighted by molar-refractivity contribution is 6.09. The second-order valence-corrected chi connectivity index (χ2v) is 10.0. The lowest BCUT2D eigenvalue weighted by atomic mass is 9.83. The molecule has 9 heteroatoms. The number of nitrogens with zero attached hydrogens (tertiary/aromatic N) is 2. The molecule has 0 unspecified atom stereocenters. The molecule has 2 saturated carbocycles. The highest BCUT2D eigenvalue weighted by Gasteiger charge is 2.29. The highest BCUT2D eigenvalue weighted by Crippen LogP contribution is 2.38. The van der Waals surface area contributed by atoms with Crippen molar-refractivity contribution in [2.24, 2.45) is 17.6 Å². The summed E-state index contributed by atoms with van der Waals surface area (Å²) in [6.45, 7) is 4.45. The standard InChI is InChI=1S/C26H31F2N5O2/c1-13-9-17(6-7-19(13)29)33-26(34)21-14(2)32-24-22(30-12-31-23(21)24)18-10-16(25(27)28)5-8-20(18)35-11-15-3-4-15/h5,8,10,12-13,15,17,19,25,32H,3-4,6-7,9,11,29H2,1-2H3,(H,33,34)/t13-,17-,19-/m0/s1. The van der Waals surface area contributed by atoms with Crippen LogP contribution < -0.4 is 15.8 Å². The number of aromatic amines is 1.